The van der Waals surface area contributed by atoms with Crippen molar-refractivity contribution in [3.8, 4) is 0 Å². The summed E-state index contributed by atoms with van der Waals surface area (Å²) in [7, 11) is 0. The number of aliphatic imine (C=N–C) groups is 1. The highest BCUT2D eigenvalue weighted by molar-refractivity contribution is 8.15. The maximum absolute atomic E-state index is 13.0. The number of nitrogens with zero attached hydrogens (tertiary/aromatic N) is 1. The summed E-state index contributed by atoms with van der Waals surface area (Å²) in [6, 6.07) is 3.80. The van der Waals surface area contributed by atoms with Crippen LogP contribution in [0.1, 0.15) is 12.8 Å². The minimum Gasteiger partial charge on any atom is -0.335 e. The third-order valence-electron chi connectivity index (χ3n) is 3.00. The molecule has 1 N–H and O–H groups in total. The molecule has 1 saturated carbocycles. The molecule has 2 aliphatic rings. The van der Waals surface area contributed by atoms with Crippen molar-refractivity contribution in [1.82, 2.24) is 0 Å². The fourth-order valence-electron chi connectivity index (χ4n) is 1.87. The highest BCUT2D eigenvalue weighted by atomic mass is 32.2. The van der Waals surface area contributed by atoms with Gasteiger partial charge in [0.1, 0.15) is 0 Å². The molecule has 0 radical (unpaired) electrons. The van der Waals surface area contributed by atoms with Gasteiger partial charge in [0.25, 0.3) is 0 Å². The third-order valence-corrected chi connectivity index (χ3v) is 4.29. The molecule has 0 amide bonds. The SMILES string of the molecule is Fc1ccc(NC2=NCC(C3CC3)S2)cc1F. The van der Waals surface area contributed by atoms with E-state index in [2.05, 4.69) is 10.3 Å². The molecule has 1 atom stereocenters. The van der Waals surface area contributed by atoms with Crippen molar-refractivity contribution in [2.45, 2.75) is 18.1 Å². The fraction of sp³-hybridized carbons (Fsp3) is 0.417. The lowest BCUT2D eigenvalue weighted by Crippen LogP contribution is -2.09. The zero-order chi connectivity index (χ0) is 11.8. The fourth-order valence-corrected chi connectivity index (χ4v) is 3.10. The van der Waals surface area contributed by atoms with Crippen LogP contribution in [0.4, 0.5) is 14.5 Å². The predicted octanol–water partition coefficient (Wildman–Crippen LogP) is 3.26. The van der Waals surface area contributed by atoms with E-state index in [4.69, 9.17) is 0 Å². The Balaban J connectivity index is 1.64. The summed E-state index contributed by atoms with van der Waals surface area (Å²) >= 11 is 1.71. The van der Waals surface area contributed by atoms with Gasteiger partial charge in [-0.05, 0) is 30.9 Å². The van der Waals surface area contributed by atoms with Gasteiger partial charge in [-0.3, -0.25) is 4.99 Å². The molecule has 0 spiro atoms. The first kappa shape index (κ1) is 11.0. The predicted molar refractivity (Wildman–Crippen MR) is 66.4 cm³/mol. The van der Waals surface area contributed by atoms with E-state index in [0.717, 1.165) is 29.8 Å². The third kappa shape index (κ3) is 2.44. The minimum atomic E-state index is -0.836. The largest absolute Gasteiger partial charge is 0.335 e. The lowest BCUT2D eigenvalue weighted by atomic mass is 10.3. The van der Waals surface area contributed by atoms with Crippen LogP contribution in [0, 0.1) is 17.6 Å². The molecule has 5 heteroatoms. The van der Waals surface area contributed by atoms with Crippen molar-refractivity contribution in [3.05, 3.63) is 29.8 Å². The van der Waals surface area contributed by atoms with Gasteiger partial charge < -0.3 is 5.32 Å². The lowest BCUT2D eigenvalue weighted by molar-refractivity contribution is 0.509. The van der Waals surface area contributed by atoms with E-state index in [9.17, 15) is 8.78 Å². The molecule has 90 valence electrons. The Kier molecular flexibility index (Phi) is 2.78. The number of anilines is 1. The van der Waals surface area contributed by atoms with Crippen LogP contribution < -0.4 is 5.32 Å². The van der Waals surface area contributed by atoms with Crippen LogP contribution in [0.15, 0.2) is 23.2 Å². The monoisotopic (exact) mass is 254 g/mol. The Morgan fingerprint density at radius 3 is 2.76 bits per heavy atom. The van der Waals surface area contributed by atoms with Crippen molar-refractivity contribution in [2.24, 2.45) is 10.9 Å². The maximum atomic E-state index is 13.0. The molecule has 1 aromatic carbocycles. The number of rotatable bonds is 2. The summed E-state index contributed by atoms with van der Waals surface area (Å²) in [6.07, 6.45) is 2.59. The van der Waals surface area contributed by atoms with E-state index >= 15 is 0 Å². The highest BCUT2D eigenvalue weighted by Crippen LogP contribution is 2.41. The van der Waals surface area contributed by atoms with Crippen molar-refractivity contribution in [3.63, 3.8) is 0 Å². The summed E-state index contributed by atoms with van der Waals surface area (Å²) < 4.78 is 25.8. The zero-order valence-corrected chi connectivity index (χ0v) is 9.94. The van der Waals surface area contributed by atoms with Crippen LogP contribution in [0.25, 0.3) is 0 Å². The number of hydrogen-bond donors (Lipinski definition) is 1. The van der Waals surface area contributed by atoms with Gasteiger partial charge in [-0.1, -0.05) is 11.8 Å². The molecule has 1 aliphatic carbocycles. The van der Waals surface area contributed by atoms with Crippen LogP contribution in [-0.2, 0) is 0 Å². The van der Waals surface area contributed by atoms with Crippen molar-refractivity contribution >= 4 is 22.6 Å². The van der Waals surface area contributed by atoms with E-state index in [1.54, 1.807) is 11.8 Å². The summed E-state index contributed by atoms with van der Waals surface area (Å²) in [4.78, 5) is 4.38. The summed E-state index contributed by atoms with van der Waals surface area (Å²) in [5.74, 6) is -0.863. The second-order valence-electron chi connectivity index (χ2n) is 4.39. The molecule has 1 aliphatic heterocycles. The van der Waals surface area contributed by atoms with Gasteiger partial charge in [0.15, 0.2) is 16.8 Å². The summed E-state index contributed by atoms with van der Waals surface area (Å²) in [5.41, 5.74) is 0.548. The smallest absolute Gasteiger partial charge is 0.161 e. The van der Waals surface area contributed by atoms with Gasteiger partial charge >= 0.3 is 0 Å². The van der Waals surface area contributed by atoms with Crippen LogP contribution in [-0.4, -0.2) is 17.0 Å². The first-order chi connectivity index (χ1) is 8.22. The van der Waals surface area contributed by atoms with Gasteiger partial charge in [-0.25, -0.2) is 8.78 Å². The topological polar surface area (TPSA) is 24.4 Å². The molecule has 17 heavy (non-hydrogen) atoms. The molecular formula is C12H12F2N2S. The lowest BCUT2D eigenvalue weighted by Gasteiger charge is -2.07. The number of amidine groups is 1. The normalized spacial score (nSPS) is 23.6. The number of benzene rings is 1. The molecule has 1 fully saturated rings. The maximum Gasteiger partial charge on any atom is 0.161 e. The Morgan fingerprint density at radius 1 is 1.24 bits per heavy atom. The van der Waals surface area contributed by atoms with Crippen molar-refractivity contribution in [2.75, 3.05) is 11.9 Å². The van der Waals surface area contributed by atoms with Crippen LogP contribution in [0.5, 0.6) is 0 Å². The Morgan fingerprint density at radius 2 is 2.06 bits per heavy atom. The number of nitrogens with one attached hydrogen (secondary N) is 1. The van der Waals surface area contributed by atoms with Crippen molar-refractivity contribution < 1.29 is 8.78 Å². The molecule has 0 bridgehead atoms. The molecule has 1 heterocycles. The quantitative estimate of drug-likeness (QED) is 0.876. The van der Waals surface area contributed by atoms with E-state index < -0.39 is 11.6 Å². The zero-order valence-electron chi connectivity index (χ0n) is 9.12. The van der Waals surface area contributed by atoms with Crippen LogP contribution in [0.3, 0.4) is 0 Å². The molecule has 2 nitrogen and oxygen atoms in total. The van der Waals surface area contributed by atoms with E-state index in [1.165, 1.54) is 18.9 Å². The molecule has 0 saturated heterocycles. The first-order valence-corrected chi connectivity index (χ1v) is 6.53. The number of hydrogen-bond acceptors (Lipinski definition) is 3. The standard InChI is InChI=1S/C12H12F2N2S/c13-9-4-3-8(5-10(9)14)16-12-15-6-11(17-12)7-1-2-7/h3-5,7,11H,1-2,6H2,(H,15,16). The van der Waals surface area contributed by atoms with E-state index in [0.29, 0.717) is 10.9 Å². The first-order valence-electron chi connectivity index (χ1n) is 5.65. The van der Waals surface area contributed by atoms with Crippen LogP contribution >= 0.6 is 11.8 Å². The van der Waals surface area contributed by atoms with Gasteiger partial charge in [0, 0.05) is 17.0 Å². The molecule has 3 rings (SSSR count). The Hall–Kier alpha value is -1.10. The Labute approximate surface area is 103 Å². The highest BCUT2D eigenvalue weighted by Gasteiger charge is 2.35. The second kappa shape index (κ2) is 4.29. The van der Waals surface area contributed by atoms with Crippen molar-refractivity contribution in [1.29, 1.82) is 0 Å². The van der Waals surface area contributed by atoms with Gasteiger partial charge in [0.05, 0.1) is 6.54 Å². The molecule has 0 aromatic heterocycles. The average Bonchev–Trinajstić information content (AvgIpc) is 3.06. The van der Waals surface area contributed by atoms with E-state index in [1.807, 2.05) is 0 Å². The number of halogens is 2. The van der Waals surface area contributed by atoms with Gasteiger partial charge in [-0.15, -0.1) is 0 Å². The molecule has 1 unspecified atom stereocenters. The summed E-state index contributed by atoms with van der Waals surface area (Å²) in [5, 5.41) is 4.41. The minimum absolute atomic E-state index is 0.548. The van der Waals surface area contributed by atoms with Gasteiger partial charge in [0.2, 0.25) is 0 Å². The van der Waals surface area contributed by atoms with E-state index in [-0.39, 0.29) is 0 Å². The van der Waals surface area contributed by atoms with Crippen LogP contribution in [0.2, 0.25) is 0 Å². The second-order valence-corrected chi connectivity index (χ2v) is 5.62. The van der Waals surface area contributed by atoms with Gasteiger partial charge in [-0.2, -0.15) is 0 Å². The molecule has 1 aromatic rings. The Bertz CT molecular complexity index is 472. The molecular weight excluding hydrogens is 242 g/mol. The average molecular weight is 254 g/mol. The number of thioether (sulfide) groups is 1. The summed E-state index contributed by atoms with van der Waals surface area (Å²) in [6.45, 7) is 0.835.